The van der Waals surface area contributed by atoms with Gasteiger partial charge >= 0.3 is 5.97 Å². The molecule has 1 rings (SSSR count). The summed E-state index contributed by atoms with van der Waals surface area (Å²) in [4.78, 5) is 24.6. The number of likely N-dealkylation sites (tertiary alicyclic amines) is 1. The molecule has 1 aliphatic heterocycles. The van der Waals surface area contributed by atoms with Crippen LogP contribution in [0.3, 0.4) is 0 Å². The second-order valence-corrected chi connectivity index (χ2v) is 4.65. The molecule has 16 heavy (non-hydrogen) atoms. The van der Waals surface area contributed by atoms with Gasteiger partial charge in [0.1, 0.15) is 0 Å². The third kappa shape index (κ3) is 3.22. The van der Waals surface area contributed by atoms with E-state index in [1.165, 1.54) is 0 Å². The molecule has 0 aliphatic carbocycles. The minimum atomic E-state index is -0.777. The molecular weight excluding hydrogens is 206 g/mol. The number of amides is 1. The Morgan fingerprint density at radius 2 is 2.19 bits per heavy atom. The molecule has 0 aromatic rings. The van der Waals surface area contributed by atoms with E-state index < -0.39 is 5.97 Å². The number of carboxylic acids is 1. The second kappa shape index (κ2) is 5.87. The minimum absolute atomic E-state index is 0.0255. The summed E-state index contributed by atoms with van der Waals surface area (Å²) < 4.78 is 0. The van der Waals surface area contributed by atoms with Crippen LogP contribution in [0, 0.1) is 11.8 Å². The van der Waals surface area contributed by atoms with Gasteiger partial charge in [-0.3, -0.25) is 9.59 Å². The van der Waals surface area contributed by atoms with Gasteiger partial charge in [0.25, 0.3) is 0 Å². The number of carboxylic acid groups (broad SMARTS) is 1. The molecule has 4 heteroatoms. The van der Waals surface area contributed by atoms with Crippen LogP contribution >= 0.6 is 0 Å². The van der Waals surface area contributed by atoms with Crippen molar-refractivity contribution in [1.82, 2.24) is 4.90 Å². The van der Waals surface area contributed by atoms with E-state index in [1.807, 2.05) is 6.92 Å². The lowest BCUT2D eigenvalue weighted by Gasteiger charge is -2.32. The summed E-state index contributed by atoms with van der Waals surface area (Å²) in [5.41, 5.74) is 0. The predicted octanol–water partition coefficient (Wildman–Crippen LogP) is 1.75. The highest BCUT2D eigenvalue weighted by molar-refractivity contribution is 5.79. The maximum atomic E-state index is 12.0. The lowest BCUT2D eigenvalue weighted by Crippen LogP contribution is -2.44. The van der Waals surface area contributed by atoms with E-state index in [-0.39, 0.29) is 17.7 Å². The van der Waals surface area contributed by atoms with E-state index in [1.54, 1.807) is 4.90 Å². The molecule has 1 amide bonds. The van der Waals surface area contributed by atoms with Crippen molar-refractivity contribution in [3.63, 3.8) is 0 Å². The van der Waals surface area contributed by atoms with Crippen molar-refractivity contribution in [2.24, 2.45) is 11.8 Å². The molecular formula is C12H21NO3. The van der Waals surface area contributed by atoms with Crippen molar-refractivity contribution in [1.29, 1.82) is 0 Å². The zero-order chi connectivity index (χ0) is 12.1. The normalized spacial score (nSPS) is 22.9. The first kappa shape index (κ1) is 13.0. The van der Waals surface area contributed by atoms with Crippen LogP contribution in [0.1, 0.15) is 39.5 Å². The highest BCUT2D eigenvalue weighted by Gasteiger charge is 2.29. The fraction of sp³-hybridized carbons (Fsp3) is 0.833. The van der Waals surface area contributed by atoms with Gasteiger partial charge in [0.2, 0.25) is 5.91 Å². The van der Waals surface area contributed by atoms with Crippen LogP contribution in [0.4, 0.5) is 0 Å². The van der Waals surface area contributed by atoms with E-state index in [9.17, 15) is 9.59 Å². The van der Waals surface area contributed by atoms with Gasteiger partial charge in [-0.15, -0.1) is 0 Å². The fourth-order valence-corrected chi connectivity index (χ4v) is 2.25. The average Bonchev–Trinajstić information content (AvgIpc) is 2.28. The summed E-state index contributed by atoms with van der Waals surface area (Å²) in [5.74, 6) is -1.00. The lowest BCUT2D eigenvalue weighted by atomic mass is 9.96. The number of piperidine rings is 1. The summed E-state index contributed by atoms with van der Waals surface area (Å²) in [6.45, 7) is 5.09. The average molecular weight is 227 g/mol. The van der Waals surface area contributed by atoms with Gasteiger partial charge in [0, 0.05) is 19.0 Å². The van der Waals surface area contributed by atoms with Gasteiger partial charge in [-0.2, -0.15) is 0 Å². The smallest absolute Gasteiger partial charge is 0.308 e. The predicted molar refractivity (Wildman–Crippen MR) is 61.0 cm³/mol. The van der Waals surface area contributed by atoms with Gasteiger partial charge in [0.05, 0.1) is 5.92 Å². The third-order valence-electron chi connectivity index (χ3n) is 3.23. The Kier molecular flexibility index (Phi) is 4.77. The minimum Gasteiger partial charge on any atom is -0.481 e. The molecule has 0 bridgehead atoms. The van der Waals surface area contributed by atoms with Crippen molar-refractivity contribution in [3.05, 3.63) is 0 Å². The van der Waals surface area contributed by atoms with E-state index in [2.05, 4.69) is 6.92 Å². The Morgan fingerprint density at radius 3 is 2.75 bits per heavy atom. The molecule has 4 nitrogen and oxygen atoms in total. The molecule has 0 aromatic carbocycles. The second-order valence-electron chi connectivity index (χ2n) is 4.65. The Hall–Kier alpha value is -1.06. The van der Waals surface area contributed by atoms with Crippen LogP contribution in [-0.4, -0.2) is 35.0 Å². The van der Waals surface area contributed by atoms with Crippen LogP contribution in [-0.2, 0) is 9.59 Å². The molecule has 1 N–H and O–H groups in total. The van der Waals surface area contributed by atoms with Crippen LogP contribution < -0.4 is 0 Å². The van der Waals surface area contributed by atoms with Gasteiger partial charge in [0.15, 0.2) is 0 Å². The van der Waals surface area contributed by atoms with Crippen molar-refractivity contribution < 1.29 is 14.7 Å². The molecule has 1 aliphatic rings. The standard InChI is InChI=1S/C12H21NO3/c1-3-5-9(2)11(14)13-7-4-6-10(8-13)12(15)16/h9-10H,3-8H2,1-2H3,(H,15,16)/t9?,10-/m0/s1. The van der Waals surface area contributed by atoms with Gasteiger partial charge in [-0.1, -0.05) is 20.3 Å². The number of rotatable bonds is 4. The Labute approximate surface area is 96.6 Å². The maximum Gasteiger partial charge on any atom is 0.308 e. The molecule has 1 unspecified atom stereocenters. The zero-order valence-corrected chi connectivity index (χ0v) is 10.1. The molecule has 0 spiro atoms. The van der Waals surface area contributed by atoms with Crippen LogP contribution in [0.5, 0.6) is 0 Å². The van der Waals surface area contributed by atoms with Crippen molar-refractivity contribution >= 4 is 11.9 Å². The van der Waals surface area contributed by atoms with Crippen LogP contribution in [0.15, 0.2) is 0 Å². The summed E-state index contributed by atoms with van der Waals surface area (Å²) in [5, 5.41) is 8.94. The topological polar surface area (TPSA) is 57.6 Å². The van der Waals surface area contributed by atoms with Crippen LogP contribution in [0.2, 0.25) is 0 Å². The molecule has 0 saturated carbocycles. The quantitative estimate of drug-likeness (QED) is 0.796. The number of hydrogen-bond acceptors (Lipinski definition) is 2. The summed E-state index contributed by atoms with van der Waals surface area (Å²) >= 11 is 0. The van der Waals surface area contributed by atoms with E-state index in [0.29, 0.717) is 13.0 Å². The molecule has 92 valence electrons. The Balaban J connectivity index is 2.53. The molecule has 0 radical (unpaired) electrons. The SMILES string of the molecule is CCCC(C)C(=O)N1CCC[C@H](C(=O)O)C1. The van der Waals surface area contributed by atoms with E-state index in [4.69, 9.17) is 5.11 Å². The van der Waals surface area contributed by atoms with E-state index >= 15 is 0 Å². The van der Waals surface area contributed by atoms with Crippen molar-refractivity contribution in [2.45, 2.75) is 39.5 Å². The highest BCUT2D eigenvalue weighted by atomic mass is 16.4. The molecule has 1 saturated heterocycles. The van der Waals surface area contributed by atoms with Crippen molar-refractivity contribution in [3.8, 4) is 0 Å². The first-order valence-corrected chi connectivity index (χ1v) is 6.07. The number of aliphatic carboxylic acids is 1. The lowest BCUT2D eigenvalue weighted by molar-refractivity contribution is -0.146. The molecule has 0 aromatic heterocycles. The molecule has 1 heterocycles. The van der Waals surface area contributed by atoms with E-state index in [0.717, 1.165) is 25.8 Å². The van der Waals surface area contributed by atoms with Gasteiger partial charge in [-0.25, -0.2) is 0 Å². The Bertz CT molecular complexity index is 265. The fourth-order valence-electron chi connectivity index (χ4n) is 2.25. The van der Waals surface area contributed by atoms with Gasteiger partial charge in [-0.05, 0) is 19.3 Å². The number of carbonyl (C=O) groups is 2. The number of hydrogen-bond donors (Lipinski definition) is 1. The summed E-state index contributed by atoms with van der Waals surface area (Å²) in [6, 6.07) is 0. The van der Waals surface area contributed by atoms with Crippen molar-refractivity contribution in [2.75, 3.05) is 13.1 Å². The highest BCUT2D eigenvalue weighted by Crippen LogP contribution is 2.19. The number of carbonyl (C=O) groups excluding carboxylic acids is 1. The molecule has 1 fully saturated rings. The molecule has 2 atom stereocenters. The monoisotopic (exact) mass is 227 g/mol. The summed E-state index contributed by atoms with van der Waals surface area (Å²) in [7, 11) is 0. The van der Waals surface area contributed by atoms with Crippen LogP contribution in [0.25, 0.3) is 0 Å². The number of nitrogens with zero attached hydrogens (tertiary/aromatic N) is 1. The zero-order valence-electron chi connectivity index (χ0n) is 10.1. The first-order chi connectivity index (χ1) is 7.56. The Morgan fingerprint density at radius 1 is 1.50 bits per heavy atom. The summed E-state index contributed by atoms with van der Waals surface area (Å²) in [6.07, 6.45) is 3.37. The largest absolute Gasteiger partial charge is 0.481 e. The first-order valence-electron chi connectivity index (χ1n) is 6.07. The van der Waals surface area contributed by atoms with Gasteiger partial charge < -0.3 is 10.0 Å². The third-order valence-corrected chi connectivity index (χ3v) is 3.23. The maximum absolute atomic E-state index is 12.0.